The summed E-state index contributed by atoms with van der Waals surface area (Å²) in [6, 6.07) is 14.9. The van der Waals surface area contributed by atoms with Crippen LogP contribution in [0, 0.1) is 0 Å². The number of carbonyl (C=O) groups is 2. The number of anilines is 2. The molecule has 1 fully saturated rings. The number of ether oxygens (including phenoxy) is 1. The Morgan fingerprint density at radius 1 is 1.04 bits per heavy atom. The maximum Gasteiger partial charge on any atom is 0.257 e. The van der Waals surface area contributed by atoms with Crippen molar-refractivity contribution < 1.29 is 14.3 Å². The van der Waals surface area contributed by atoms with Crippen molar-refractivity contribution in [2.75, 3.05) is 17.2 Å². The summed E-state index contributed by atoms with van der Waals surface area (Å²) in [7, 11) is 1.92. The minimum absolute atomic E-state index is 0.125. The van der Waals surface area contributed by atoms with Crippen molar-refractivity contribution in [3.63, 3.8) is 0 Å². The Kier molecular flexibility index (Phi) is 4.64. The van der Waals surface area contributed by atoms with Crippen LogP contribution in [0.3, 0.4) is 0 Å². The lowest BCUT2D eigenvalue weighted by Crippen LogP contribution is -2.26. The molecule has 27 heavy (non-hydrogen) atoms. The summed E-state index contributed by atoms with van der Waals surface area (Å²) in [5, 5.41) is 6.67. The van der Waals surface area contributed by atoms with Crippen molar-refractivity contribution in [3.8, 4) is 0 Å². The van der Waals surface area contributed by atoms with Crippen molar-refractivity contribution >= 4 is 34.1 Å². The van der Waals surface area contributed by atoms with Gasteiger partial charge in [-0.15, -0.1) is 0 Å². The number of nitrogens with zero attached hydrogens (tertiary/aromatic N) is 1. The van der Waals surface area contributed by atoms with Crippen LogP contribution in [-0.2, 0) is 16.6 Å². The van der Waals surface area contributed by atoms with E-state index in [1.165, 1.54) is 0 Å². The average molecular weight is 363 g/mol. The molecule has 1 aliphatic heterocycles. The molecule has 0 radical (unpaired) electrons. The zero-order valence-corrected chi connectivity index (χ0v) is 15.1. The SMILES string of the molecule is Cn1cc(C(=O)Nc2ccc(NC(=O)[C@H]3CCCO3)cc2)c2ccccc21. The number of rotatable bonds is 4. The maximum absolute atomic E-state index is 12.7. The molecular weight excluding hydrogens is 342 g/mol. The molecule has 1 atom stereocenters. The monoisotopic (exact) mass is 363 g/mol. The first-order valence-corrected chi connectivity index (χ1v) is 9.00. The third-order valence-electron chi connectivity index (χ3n) is 4.77. The summed E-state index contributed by atoms with van der Waals surface area (Å²) < 4.78 is 7.32. The molecule has 1 saturated heterocycles. The van der Waals surface area contributed by atoms with Crippen LogP contribution in [-0.4, -0.2) is 29.1 Å². The van der Waals surface area contributed by atoms with Crippen LogP contribution in [0.1, 0.15) is 23.2 Å². The molecular formula is C21H21N3O3. The first-order valence-electron chi connectivity index (χ1n) is 9.00. The summed E-state index contributed by atoms with van der Waals surface area (Å²) in [5.74, 6) is -0.289. The molecule has 2 amide bonds. The van der Waals surface area contributed by atoms with E-state index in [9.17, 15) is 9.59 Å². The number of hydrogen-bond donors (Lipinski definition) is 2. The van der Waals surface area contributed by atoms with E-state index in [2.05, 4.69) is 10.6 Å². The van der Waals surface area contributed by atoms with Gasteiger partial charge in [-0.05, 0) is 43.2 Å². The van der Waals surface area contributed by atoms with Crippen molar-refractivity contribution in [1.29, 1.82) is 0 Å². The van der Waals surface area contributed by atoms with Gasteiger partial charge in [-0.3, -0.25) is 9.59 Å². The predicted molar refractivity (Wildman–Crippen MR) is 105 cm³/mol. The standard InChI is InChI=1S/C21H21N3O3/c1-24-13-17(16-5-2-3-6-18(16)24)20(25)22-14-8-10-15(11-9-14)23-21(26)19-7-4-12-27-19/h2-3,5-6,8-11,13,19H,4,7,12H2,1H3,(H,22,25)(H,23,26)/t19-/m1/s1. The Hall–Kier alpha value is -3.12. The molecule has 2 heterocycles. The molecule has 138 valence electrons. The Labute approximate surface area is 157 Å². The summed E-state index contributed by atoms with van der Waals surface area (Å²) in [4.78, 5) is 24.7. The first-order chi connectivity index (χ1) is 13.1. The lowest BCUT2D eigenvalue weighted by atomic mass is 10.1. The zero-order valence-electron chi connectivity index (χ0n) is 15.1. The number of benzene rings is 2. The Morgan fingerprint density at radius 3 is 2.44 bits per heavy atom. The van der Waals surface area contributed by atoms with E-state index < -0.39 is 0 Å². The quantitative estimate of drug-likeness (QED) is 0.745. The molecule has 6 nitrogen and oxygen atoms in total. The van der Waals surface area contributed by atoms with Crippen LogP contribution < -0.4 is 10.6 Å². The molecule has 3 aromatic rings. The molecule has 0 aliphatic carbocycles. The van der Waals surface area contributed by atoms with Crippen molar-refractivity contribution in [1.82, 2.24) is 4.57 Å². The van der Waals surface area contributed by atoms with E-state index in [1.54, 1.807) is 24.3 Å². The highest BCUT2D eigenvalue weighted by Gasteiger charge is 2.23. The van der Waals surface area contributed by atoms with Crippen LogP contribution in [0.5, 0.6) is 0 Å². The number of aromatic nitrogens is 1. The summed E-state index contributed by atoms with van der Waals surface area (Å²) >= 11 is 0. The molecule has 0 spiro atoms. The molecule has 0 bridgehead atoms. The number of carbonyl (C=O) groups excluding carboxylic acids is 2. The number of para-hydroxylation sites is 1. The number of hydrogen-bond acceptors (Lipinski definition) is 3. The Balaban J connectivity index is 1.44. The lowest BCUT2D eigenvalue weighted by Gasteiger charge is -2.11. The maximum atomic E-state index is 12.7. The number of aryl methyl sites for hydroxylation is 1. The van der Waals surface area contributed by atoms with E-state index in [4.69, 9.17) is 4.74 Å². The highest BCUT2D eigenvalue weighted by molar-refractivity contribution is 6.13. The van der Waals surface area contributed by atoms with Crippen LogP contribution in [0.15, 0.2) is 54.7 Å². The summed E-state index contributed by atoms with van der Waals surface area (Å²) in [6.45, 7) is 0.636. The van der Waals surface area contributed by atoms with Gasteiger partial charge in [0.25, 0.3) is 11.8 Å². The van der Waals surface area contributed by atoms with Crippen LogP contribution >= 0.6 is 0 Å². The fourth-order valence-corrected chi connectivity index (χ4v) is 3.37. The van der Waals surface area contributed by atoms with Gasteiger partial charge in [0.05, 0.1) is 5.56 Å². The summed E-state index contributed by atoms with van der Waals surface area (Å²) in [6.07, 6.45) is 3.13. The van der Waals surface area contributed by atoms with E-state index in [0.29, 0.717) is 23.5 Å². The fourth-order valence-electron chi connectivity index (χ4n) is 3.37. The topological polar surface area (TPSA) is 72.4 Å². The van der Waals surface area contributed by atoms with E-state index in [0.717, 1.165) is 23.7 Å². The van der Waals surface area contributed by atoms with Gasteiger partial charge >= 0.3 is 0 Å². The molecule has 0 unspecified atom stereocenters. The van der Waals surface area contributed by atoms with Gasteiger partial charge in [0, 0.05) is 42.1 Å². The minimum Gasteiger partial charge on any atom is -0.368 e. The highest BCUT2D eigenvalue weighted by atomic mass is 16.5. The zero-order chi connectivity index (χ0) is 18.8. The van der Waals surface area contributed by atoms with Gasteiger partial charge in [0.1, 0.15) is 6.10 Å². The lowest BCUT2D eigenvalue weighted by molar-refractivity contribution is -0.124. The highest BCUT2D eigenvalue weighted by Crippen LogP contribution is 2.22. The largest absolute Gasteiger partial charge is 0.368 e. The molecule has 2 aromatic carbocycles. The summed E-state index contributed by atoms with van der Waals surface area (Å²) in [5.41, 5.74) is 2.99. The fraction of sp³-hybridized carbons (Fsp3) is 0.238. The number of amides is 2. The second-order valence-electron chi connectivity index (χ2n) is 6.69. The third-order valence-corrected chi connectivity index (χ3v) is 4.77. The Bertz CT molecular complexity index is 986. The molecule has 2 N–H and O–H groups in total. The molecule has 6 heteroatoms. The number of fused-ring (bicyclic) bond motifs is 1. The smallest absolute Gasteiger partial charge is 0.257 e. The molecule has 0 saturated carbocycles. The van der Waals surface area contributed by atoms with Gasteiger partial charge < -0.3 is 19.9 Å². The normalized spacial score (nSPS) is 16.4. The van der Waals surface area contributed by atoms with E-state index in [1.807, 2.05) is 42.1 Å². The first kappa shape index (κ1) is 17.3. The average Bonchev–Trinajstić information content (AvgIpc) is 3.32. The van der Waals surface area contributed by atoms with Crippen molar-refractivity contribution in [2.45, 2.75) is 18.9 Å². The Morgan fingerprint density at radius 2 is 1.74 bits per heavy atom. The second kappa shape index (κ2) is 7.25. The van der Waals surface area contributed by atoms with E-state index in [-0.39, 0.29) is 17.9 Å². The van der Waals surface area contributed by atoms with Gasteiger partial charge in [-0.25, -0.2) is 0 Å². The van der Waals surface area contributed by atoms with Gasteiger partial charge in [0.2, 0.25) is 0 Å². The van der Waals surface area contributed by atoms with Crippen LogP contribution in [0.2, 0.25) is 0 Å². The second-order valence-corrected chi connectivity index (χ2v) is 6.69. The number of nitrogens with one attached hydrogen (secondary N) is 2. The predicted octanol–water partition coefficient (Wildman–Crippen LogP) is 3.55. The molecule has 4 rings (SSSR count). The van der Waals surface area contributed by atoms with Gasteiger partial charge in [-0.2, -0.15) is 0 Å². The van der Waals surface area contributed by atoms with Crippen LogP contribution in [0.25, 0.3) is 10.9 Å². The molecule has 1 aromatic heterocycles. The van der Waals surface area contributed by atoms with Gasteiger partial charge in [-0.1, -0.05) is 18.2 Å². The van der Waals surface area contributed by atoms with Crippen molar-refractivity contribution in [3.05, 3.63) is 60.3 Å². The van der Waals surface area contributed by atoms with Crippen molar-refractivity contribution in [2.24, 2.45) is 7.05 Å². The van der Waals surface area contributed by atoms with Gasteiger partial charge in [0.15, 0.2) is 0 Å². The molecule has 1 aliphatic rings. The minimum atomic E-state index is -0.365. The third kappa shape index (κ3) is 3.57. The van der Waals surface area contributed by atoms with E-state index >= 15 is 0 Å². The van der Waals surface area contributed by atoms with Crippen LogP contribution in [0.4, 0.5) is 11.4 Å².